The molecule has 0 saturated carbocycles. The third kappa shape index (κ3) is 1.83. The van der Waals surface area contributed by atoms with E-state index >= 15 is 0 Å². The van der Waals surface area contributed by atoms with Gasteiger partial charge in [-0.15, -0.1) is 0 Å². The third-order valence-electron chi connectivity index (χ3n) is 2.62. The van der Waals surface area contributed by atoms with Crippen molar-refractivity contribution in [2.75, 3.05) is 0 Å². The van der Waals surface area contributed by atoms with Gasteiger partial charge < -0.3 is 14.8 Å². The van der Waals surface area contributed by atoms with E-state index in [0.29, 0.717) is 5.75 Å². The van der Waals surface area contributed by atoms with Crippen LogP contribution < -0.4 is 4.74 Å². The Hall–Kier alpha value is -2.42. The van der Waals surface area contributed by atoms with Crippen molar-refractivity contribution in [3.05, 3.63) is 54.7 Å². The number of hydrogen-bond acceptors (Lipinski definition) is 2. The molecule has 0 radical (unpaired) electrons. The topological polar surface area (TPSA) is 45.2 Å². The van der Waals surface area contributed by atoms with E-state index in [-0.39, 0.29) is 5.75 Å². The summed E-state index contributed by atoms with van der Waals surface area (Å²) in [5.41, 5.74) is 1.04. The van der Waals surface area contributed by atoms with E-state index in [9.17, 15) is 5.11 Å². The first-order chi connectivity index (χ1) is 8.33. The summed E-state index contributed by atoms with van der Waals surface area (Å²) in [7, 11) is 0. The molecule has 3 rings (SSSR count). The van der Waals surface area contributed by atoms with Crippen LogP contribution in [0.4, 0.5) is 0 Å². The predicted molar refractivity (Wildman–Crippen MR) is 66.5 cm³/mol. The van der Waals surface area contributed by atoms with E-state index in [1.165, 1.54) is 0 Å². The molecular formula is C14H11NO2. The average Bonchev–Trinajstić information content (AvgIpc) is 2.76. The Morgan fingerprint density at radius 3 is 2.53 bits per heavy atom. The van der Waals surface area contributed by atoms with Crippen LogP contribution in [0.15, 0.2) is 54.7 Å². The minimum absolute atomic E-state index is 0.233. The van der Waals surface area contributed by atoms with Gasteiger partial charge in [-0.25, -0.2) is 0 Å². The van der Waals surface area contributed by atoms with Crippen LogP contribution >= 0.6 is 0 Å². The quantitative estimate of drug-likeness (QED) is 0.699. The van der Waals surface area contributed by atoms with E-state index in [1.807, 2.05) is 30.5 Å². The highest BCUT2D eigenvalue weighted by molar-refractivity contribution is 5.86. The van der Waals surface area contributed by atoms with Gasteiger partial charge in [0.1, 0.15) is 11.5 Å². The molecule has 3 heteroatoms. The molecule has 1 aromatic heterocycles. The number of aromatic amines is 1. The summed E-state index contributed by atoms with van der Waals surface area (Å²) in [5.74, 6) is 1.72. The minimum Gasteiger partial charge on any atom is -0.508 e. The Balaban J connectivity index is 1.97. The molecule has 0 aliphatic rings. The monoisotopic (exact) mass is 225 g/mol. The first-order valence-electron chi connectivity index (χ1n) is 5.36. The number of phenols is 1. The maximum absolute atomic E-state index is 9.19. The van der Waals surface area contributed by atoms with Crippen molar-refractivity contribution in [1.82, 2.24) is 4.98 Å². The molecule has 0 spiro atoms. The van der Waals surface area contributed by atoms with Crippen LogP contribution in [-0.2, 0) is 0 Å². The van der Waals surface area contributed by atoms with Crippen molar-refractivity contribution in [1.29, 1.82) is 0 Å². The largest absolute Gasteiger partial charge is 0.508 e. The molecule has 2 N–H and O–H groups in total. The van der Waals surface area contributed by atoms with Gasteiger partial charge in [-0.3, -0.25) is 0 Å². The molecule has 0 fully saturated rings. The third-order valence-corrected chi connectivity index (χ3v) is 2.62. The second-order valence-corrected chi connectivity index (χ2v) is 3.79. The molecule has 1 heterocycles. The Kier molecular flexibility index (Phi) is 2.22. The summed E-state index contributed by atoms with van der Waals surface area (Å²) in [6.07, 6.45) is 1.83. The Bertz CT molecular complexity index is 641. The van der Waals surface area contributed by atoms with E-state index in [1.54, 1.807) is 24.3 Å². The van der Waals surface area contributed by atoms with Crippen LogP contribution in [0.5, 0.6) is 17.2 Å². The summed E-state index contributed by atoms with van der Waals surface area (Å²) in [5, 5.41) is 10.2. The molecule has 84 valence electrons. The zero-order chi connectivity index (χ0) is 11.7. The second-order valence-electron chi connectivity index (χ2n) is 3.79. The van der Waals surface area contributed by atoms with Crippen molar-refractivity contribution >= 4 is 10.9 Å². The number of rotatable bonds is 2. The molecule has 0 aliphatic carbocycles. The van der Waals surface area contributed by atoms with Gasteiger partial charge in [-0.05, 0) is 36.4 Å². The van der Waals surface area contributed by atoms with Crippen LogP contribution in [0.25, 0.3) is 10.9 Å². The standard InChI is InChI=1S/C14H11NO2/c16-10-5-7-11(8-6-10)17-14-9-15-13-4-2-1-3-12(13)14/h1-9,15-16H. The second kappa shape index (κ2) is 3.87. The molecule has 3 aromatic rings. The van der Waals surface area contributed by atoms with Crippen molar-refractivity contribution in [2.45, 2.75) is 0 Å². The van der Waals surface area contributed by atoms with Crippen LogP contribution in [0.2, 0.25) is 0 Å². The normalized spacial score (nSPS) is 10.6. The Morgan fingerprint density at radius 1 is 0.941 bits per heavy atom. The molecule has 2 aromatic carbocycles. The molecule has 17 heavy (non-hydrogen) atoms. The lowest BCUT2D eigenvalue weighted by Gasteiger charge is -2.03. The van der Waals surface area contributed by atoms with Gasteiger partial charge in [0.25, 0.3) is 0 Å². The molecular weight excluding hydrogens is 214 g/mol. The molecule has 0 amide bonds. The highest BCUT2D eigenvalue weighted by Crippen LogP contribution is 2.30. The van der Waals surface area contributed by atoms with Crippen molar-refractivity contribution in [2.24, 2.45) is 0 Å². The molecule has 0 unspecified atom stereocenters. The van der Waals surface area contributed by atoms with Crippen molar-refractivity contribution in [3.63, 3.8) is 0 Å². The number of phenolic OH excluding ortho intramolecular Hbond substituents is 1. The van der Waals surface area contributed by atoms with Gasteiger partial charge in [0.2, 0.25) is 0 Å². The fraction of sp³-hybridized carbons (Fsp3) is 0. The number of ether oxygens (including phenoxy) is 1. The first kappa shape index (κ1) is 9.78. The van der Waals surface area contributed by atoms with Gasteiger partial charge in [-0.1, -0.05) is 12.1 Å². The lowest BCUT2D eigenvalue weighted by atomic mass is 10.2. The first-order valence-corrected chi connectivity index (χ1v) is 5.36. The number of benzene rings is 2. The summed E-state index contributed by atoms with van der Waals surface area (Å²) in [6, 6.07) is 14.6. The van der Waals surface area contributed by atoms with Gasteiger partial charge in [0.05, 0.1) is 0 Å². The van der Waals surface area contributed by atoms with E-state index in [4.69, 9.17) is 4.74 Å². The maximum Gasteiger partial charge on any atom is 0.152 e. The van der Waals surface area contributed by atoms with Crippen molar-refractivity contribution in [3.8, 4) is 17.2 Å². The number of fused-ring (bicyclic) bond motifs is 1. The molecule has 3 nitrogen and oxygen atoms in total. The van der Waals surface area contributed by atoms with Gasteiger partial charge in [-0.2, -0.15) is 0 Å². The smallest absolute Gasteiger partial charge is 0.152 e. The van der Waals surface area contributed by atoms with Crippen LogP contribution in [-0.4, -0.2) is 10.1 Å². The number of para-hydroxylation sites is 1. The van der Waals surface area contributed by atoms with Gasteiger partial charge in [0, 0.05) is 17.1 Å². The van der Waals surface area contributed by atoms with E-state index in [0.717, 1.165) is 16.7 Å². The van der Waals surface area contributed by atoms with Crippen LogP contribution in [0.1, 0.15) is 0 Å². The highest BCUT2D eigenvalue weighted by Gasteiger charge is 2.04. The predicted octanol–water partition coefficient (Wildman–Crippen LogP) is 3.67. The SMILES string of the molecule is Oc1ccc(Oc2c[nH]c3ccccc23)cc1. The fourth-order valence-electron chi connectivity index (χ4n) is 1.77. The van der Waals surface area contributed by atoms with Crippen LogP contribution in [0, 0.1) is 0 Å². The number of H-pyrrole nitrogens is 1. The lowest BCUT2D eigenvalue weighted by molar-refractivity contribution is 0.466. The number of nitrogens with one attached hydrogen (secondary N) is 1. The Morgan fingerprint density at radius 2 is 1.71 bits per heavy atom. The van der Waals surface area contributed by atoms with Gasteiger partial charge in [0.15, 0.2) is 5.75 Å². The summed E-state index contributed by atoms with van der Waals surface area (Å²) < 4.78 is 5.74. The summed E-state index contributed by atoms with van der Waals surface area (Å²) in [6.45, 7) is 0. The molecule has 0 bridgehead atoms. The number of aromatic hydroxyl groups is 1. The molecule has 0 aliphatic heterocycles. The molecule has 0 atom stereocenters. The fourth-order valence-corrected chi connectivity index (χ4v) is 1.77. The summed E-state index contributed by atoms with van der Waals surface area (Å²) >= 11 is 0. The zero-order valence-electron chi connectivity index (χ0n) is 9.05. The minimum atomic E-state index is 0.233. The van der Waals surface area contributed by atoms with E-state index < -0.39 is 0 Å². The van der Waals surface area contributed by atoms with Gasteiger partial charge >= 0.3 is 0 Å². The average molecular weight is 225 g/mol. The number of aromatic nitrogens is 1. The highest BCUT2D eigenvalue weighted by atomic mass is 16.5. The van der Waals surface area contributed by atoms with Crippen molar-refractivity contribution < 1.29 is 9.84 Å². The summed E-state index contributed by atoms with van der Waals surface area (Å²) in [4.78, 5) is 3.15. The van der Waals surface area contributed by atoms with Crippen LogP contribution in [0.3, 0.4) is 0 Å². The lowest BCUT2D eigenvalue weighted by Crippen LogP contribution is -1.81. The Labute approximate surface area is 98.3 Å². The maximum atomic E-state index is 9.19. The molecule has 0 saturated heterocycles. The number of hydrogen-bond donors (Lipinski definition) is 2. The van der Waals surface area contributed by atoms with E-state index in [2.05, 4.69) is 4.98 Å². The zero-order valence-corrected chi connectivity index (χ0v) is 9.05.